The highest BCUT2D eigenvalue weighted by atomic mass is 35.5. The number of nitrogens with two attached hydrogens (primary N) is 1. The lowest BCUT2D eigenvalue weighted by Crippen LogP contribution is -2.24. The first-order chi connectivity index (χ1) is 11.5. The molecule has 5 nitrogen and oxygen atoms in total. The van der Waals surface area contributed by atoms with E-state index in [1.807, 2.05) is 37.3 Å². The van der Waals surface area contributed by atoms with Crippen LogP contribution in [0.25, 0.3) is 17.0 Å². The van der Waals surface area contributed by atoms with Crippen LogP contribution in [-0.4, -0.2) is 22.8 Å². The van der Waals surface area contributed by atoms with Gasteiger partial charge in [0.2, 0.25) is 5.91 Å². The van der Waals surface area contributed by atoms with Crippen molar-refractivity contribution in [2.24, 2.45) is 0 Å². The summed E-state index contributed by atoms with van der Waals surface area (Å²) >= 11 is 0. The molecule has 0 saturated heterocycles. The Kier molecular flexibility index (Phi) is 5.83. The van der Waals surface area contributed by atoms with Gasteiger partial charge in [-0.3, -0.25) is 4.79 Å². The smallest absolute Gasteiger partial charge is 0.246 e. The van der Waals surface area contributed by atoms with E-state index in [1.54, 1.807) is 30.3 Å². The Balaban J connectivity index is 0.00000225. The molecule has 0 bridgehead atoms. The molecule has 25 heavy (non-hydrogen) atoms. The number of aromatic nitrogens is 1. The van der Waals surface area contributed by atoms with Gasteiger partial charge in [-0.2, -0.15) is 0 Å². The van der Waals surface area contributed by atoms with Crippen molar-refractivity contribution >= 4 is 41.2 Å². The number of anilines is 1. The average Bonchev–Trinajstić information content (AvgIpc) is 2.90. The van der Waals surface area contributed by atoms with E-state index in [4.69, 9.17) is 10.2 Å². The predicted molar refractivity (Wildman–Crippen MR) is 102 cm³/mol. The molecule has 0 aliphatic heterocycles. The van der Waals surface area contributed by atoms with E-state index in [0.29, 0.717) is 12.4 Å². The summed E-state index contributed by atoms with van der Waals surface area (Å²) in [5.74, 6) is 1.15. The lowest BCUT2D eigenvalue weighted by Gasteiger charge is -2.13. The number of halogens is 1. The van der Waals surface area contributed by atoms with Crippen LogP contribution in [0, 0.1) is 6.92 Å². The lowest BCUT2D eigenvalue weighted by molar-refractivity contribution is -0.125. The molecule has 2 aromatic heterocycles. The Bertz CT molecular complexity index is 901. The number of pyridine rings is 1. The van der Waals surface area contributed by atoms with E-state index < -0.39 is 0 Å². The topological polar surface area (TPSA) is 72.4 Å². The first kappa shape index (κ1) is 18.5. The molecule has 130 valence electrons. The van der Waals surface area contributed by atoms with Gasteiger partial charge >= 0.3 is 0 Å². The van der Waals surface area contributed by atoms with Crippen molar-refractivity contribution in [2.45, 2.75) is 13.5 Å². The molecule has 0 aliphatic carbocycles. The highest BCUT2D eigenvalue weighted by molar-refractivity contribution is 5.91. The maximum Gasteiger partial charge on any atom is 0.246 e. The fourth-order valence-corrected chi connectivity index (χ4v) is 2.48. The number of benzene rings is 1. The zero-order valence-electron chi connectivity index (χ0n) is 14.1. The van der Waals surface area contributed by atoms with Crippen LogP contribution in [0.5, 0.6) is 0 Å². The Morgan fingerprint density at radius 1 is 1.28 bits per heavy atom. The van der Waals surface area contributed by atoms with Crippen LogP contribution in [0.3, 0.4) is 0 Å². The Morgan fingerprint density at radius 3 is 2.72 bits per heavy atom. The summed E-state index contributed by atoms with van der Waals surface area (Å²) in [6.45, 7) is 2.43. The number of hydrogen-bond acceptors (Lipinski definition) is 4. The fourth-order valence-electron chi connectivity index (χ4n) is 2.48. The molecule has 0 saturated carbocycles. The molecule has 1 aromatic carbocycles. The van der Waals surface area contributed by atoms with Crippen molar-refractivity contribution in [3.05, 3.63) is 65.6 Å². The Labute approximate surface area is 152 Å². The molecule has 0 radical (unpaired) electrons. The molecule has 2 heterocycles. The van der Waals surface area contributed by atoms with Crippen LogP contribution in [0.4, 0.5) is 5.82 Å². The van der Waals surface area contributed by atoms with E-state index in [2.05, 4.69) is 4.98 Å². The minimum Gasteiger partial charge on any atom is -0.459 e. The van der Waals surface area contributed by atoms with Gasteiger partial charge in [-0.1, -0.05) is 18.2 Å². The number of carbonyl (C=O) groups is 1. The van der Waals surface area contributed by atoms with Crippen LogP contribution in [0.15, 0.2) is 53.1 Å². The van der Waals surface area contributed by atoms with Gasteiger partial charge in [0.05, 0.1) is 6.54 Å². The zero-order valence-corrected chi connectivity index (χ0v) is 14.9. The van der Waals surface area contributed by atoms with Gasteiger partial charge in [0.15, 0.2) is 0 Å². The summed E-state index contributed by atoms with van der Waals surface area (Å²) in [7, 11) is 1.75. The van der Waals surface area contributed by atoms with E-state index in [0.717, 1.165) is 27.9 Å². The summed E-state index contributed by atoms with van der Waals surface area (Å²) in [6.07, 6.45) is 4.87. The number of nitrogens with zero attached hydrogens (tertiary/aromatic N) is 2. The number of nitrogen functional groups attached to an aromatic ring is 1. The highest BCUT2D eigenvalue weighted by Gasteiger charge is 2.14. The third-order valence-corrected chi connectivity index (χ3v) is 3.93. The molecule has 0 aliphatic rings. The van der Waals surface area contributed by atoms with E-state index in [1.165, 1.54) is 6.08 Å². The van der Waals surface area contributed by atoms with Gasteiger partial charge in [-0.15, -0.1) is 12.4 Å². The summed E-state index contributed by atoms with van der Waals surface area (Å²) in [6, 6.07) is 11.4. The molecule has 0 atom stereocenters. The third-order valence-electron chi connectivity index (χ3n) is 3.93. The number of likely N-dealkylation sites (N-methyl/N-ethyl adjacent to an activating group) is 1. The van der Waals surface area contributed by atoms with Crippen molar-refractivity contribution in [1.29, 1.82) is 0 Å². The highest BCUT2D eigenvalue weighted by Crippen LogP contribution is 2.25. The first-order valence-corrected chi connectivity index (χ1v) is 7.66. The number of furan rings is 1. The molecule has 0 spiro atoms. The summed E-state index contributed by atoms with van der Waals surface area (Å²) < 4.78 is 5.85. The second kappa shape index (κ2) is 7.85. The largest absolute Gasteiger partial charge is 0.459 e. The van der Waals surface area contributed by atoms with Crippen LogP contribution in [-0.2, 0) is 11.3 Å². The van der Waals surface area contributed by atoms with Crippen molar-refractivity contribution < 1.29 is 9.21 Å². The Hall–Kier alpha value is -2.79. The molecule has 2 N–H and O–H groups in total. The summed E-state index contributed by atoms with van der Waals surface area (Å²) in [5, 5.41) is 1.08. The molecular weight excluding hydrogens is 338 g/mol. The normalized spacial score (nSPS) is 10.8. The van der Waals surface area contributed by atoms with E-state index >= 15 is 0 Å². The molecular formula is C19H20ClN3O2. The minimum absolute atomic E-state index is 0. The van der Waals surface area contributed by atoms with Crippen molar-refractivity contribution in [1.82, 2.24) is 9.88 Å². The van der Waals surface area contributed by atoms with Gasteiger partial charge < -0.3 is 15.1 Å². The van der Waals surface area contributed by atoms with E-state index in [9.17, 15) is 4.79 Å². The number of hydrogen-bond donors (Lipinski definition) is 1. The molecule has 3 aromatic rings. The molecule has 3 rings (SSSR count). The van der Waals surface area contributed by atoms with Crippen LogP contribution in [0.2, 0.25) is 0 Å². The number of amides is 1. The van der Waals surface area contributed by atoms with Crippen molar-refractivity contribution in [3.8, 4) is 0 Å². The maximum absolute atomic E-state index is 12.3. The molecule has 0 unspecified atom stereocenters. The van der Waals surface area contributed by atoms with Gasteiger partial charge in [0.25, 0.3) is 0 Å². The van der Waals surface area contributed by atoms with Crippen LogP contribution in [0.1, 0.15) is 16.9 Å². The fraction of sp³-hybridized carbons (Fsp3) is 0.158. The maximum atomic E-state index is 12.3. The first-order valence-electron chi connectivity index (χ1n) is 7.66. The monoisotopic (exact) mass is 357 g/mol. The third kappa shape index (κ3) is 4.19. The SMILES string of the molecule is Cc1c(CN(C)C(=O)C=Cc2ccc(N)nc2)oc2ccccc12.Cl. The predicted octanol–water partition coefficient (Wildman–Crippen LogP) is 3.81. The Morgan fingerprint density at radius 2 is 2.04 bits per heavy atom. The number of para-hydroxylation sites is 1. The summed E-state index contributed by atoms with van der Waals surface area (Å²) in [5.41, 5.74) is 8.28. The molecule has 1 amide bonds. The minimum atomic E-state index is -0.105. The molecule has 6 heteroatoms. The second-order valence-electron chi connectivity index (χ2n) is 5.69. The van der Waals surface area contributed by atoms with Crippen LogP contribution < -0.4 is 5.73 Å². The van der Waals surface area contributed by atoms with E-state index in [-0.39, 0.29) is 18.3 Å². The van der Waals surface area contributed by atoms with Gasteiger partial charge in [-0.05, 0) is 36.8 Å². The average molecular weight is 358 g/mol. The lowest BCUT2D eigenvalue weighted by atomic mass is 10.1. The number of fused-ring (bicyclic) bond motifs is 1. The number of aryl methyl sites for hydroxylation is 1. The zero-order chi connectivity index (χ0) is 17.1. The number of carbonyl (C=O) groups excluding carboxylic acids is 1. The number of rotatable bonds is 4. The van der Waals surface area contributed by atoms with Crippen LogP contribution >= 0.6 is 12.4 Å². The van der Waals surface area contributed by atoms with Gasteiger partial charge in [-0.25, -0.2) is 4.98 Å². The quantitative estimate of drug-likeness (QED) is 0.720. The second-order valence-corrected chi connectivity index (χ2v) is 5.69. The van der Waals surface area contributed by atoms with Gasteiger partial charge in [0, 0.05) is 30.3 Å². The van der Waals surface area contributed by atoms with Crippen molar-refractivity contribution in [3.63, 3.8) is 0 Å². The van der Waals surface area contributed by atoms with Crippen molar-refractivity contribution in [2.75, 3.05) is 12.8 Å². The van der Waals surface area contributed by atoms with Gasteiger partial charge in [0.1, 0.15) is 17.2 Å². The standard InChI is InChI=1S/C19H19N3O2.ClH/c1-13-15-5-3-4-6-16(15)24-17(13)12-22(2)19(23)10-8-14-7-9-18(20)21-11-14;/h3-11H,12H2,1-2H3,(H2,20,21);1H. The molecule has 0 fully saturated rings. The summed E-state index contributed by atoms with van der Waals surface area (Å²) in [4.78, 5) is 17.9.